The van der Waals surface area contributed by atoms with Gasteiger partial charge in [0.05, 0.1) is 6.42 Å². The van der Waals surface area contributed by atoms with Crippen LogP contribution in [0.3, 0.4) is 0 Å². The maximum atomic E-state index is 13.2. The van der Waals surface area contributed by atoms with Crippen molar-refractivity contribution in [2.75, 3.05) is 6.54 Å². The summed E-state index contributed by atoms with van der Waals surface area (Å²) in [6.45, 7) is 0.701. The minimum Gasteiger partial charge on any atom is -0.461 e. The molecule has 1 aromatic rings. The molecule has 1 aliphatic carbocycles. The minimum atomic E-state index is -0.741. The number of carbonyl (C=O) groups is 1. The van der Waals surface area contributed by atoms with Gasteiger partial charge in [-0.1, -0.05) is 30.3 Å². The Morgan fingerprint density at radius 2 is 1.95 bits per heavy atom. The minimum absolute atomic E-state index is 0.239. The fourth-order valence-corrected chi connectivity index (χ4v) is 2.74. The molecule has 0 atom stereocenters. The third-order valence-electron chi connectivity index (χ3n) is 4.17. The first-order chi connectivity index (χ1) is 9.63. The Morgan fingerprint density at radius 3 is 2.55 bits per heavy atom. The van der Waals surface area contributed by atoms with E-state index >= 15 is 0 Å². The van der Waals surface area contributed by atoms with Gasteiger partial charge in [0.2, 0.25) is 0 Å². The highest BCUT2D eigenvalue weighted by molar-refractivity contribution is 5.70. The molecule has 0 heterocycles. The fraction of sp³-hybridized carbons (Fsp3) is 0.562. The SMILES string of the molecule is NCC1(CC(=O)OCc2ccccc2)CCC(F)CC1. The number of halogens is 1. The van der Waals surface area contributed by atoms with Gasteiger partial charge in [0.1, 0.15) is 12.8 Å². The lowest BCUT2D eigenvalue weighted by molar-refractivity contribution is -0.148. The lowest BCUT2D eigenvalue weighted by atomic mass is 9.71. The highest BCUT2D eigenvalue weighted by Crippen LogP contribution is 2.39. The summed E-state index contributed by atoms with van der Waals surface area (Å²) in [5.41, 5.74) is 6.51. The van der Waals surface area contributed by atoms with E-state index < -0.39 is 6.17 Å². The summed E-state index contributed by atoms with van der Waals surface area (Å²) in [5.74, 6) is -0.239. The number of carbonyl (C=O) groups excluding carboxylic acids is 1. The van der Waals surface area contributed by atoms with E-state index in [0.717, 1.165) is 5.56 Å². The quantitative estimate of drug-likeness (QED) is 0.843. The Labute approximate surface area is 119 Å². The summed E-state index contributed by atoms with van der Waals surface area (Å²) < 4.78 is 18.5. The summed E-state index contributed by atoms with van der Waals surface area (Å²) in [4.78, 5) is 12.0. The van der Waals surface area contributed by atoms with Crippen molar-refractivity contribution in [3.05, 3.63) is 35.9 Å². The van der Waals surface area contributed by atoms with Crippen molar-refractivity contribution in [2.24, 2.45) is 11.1 Å². The number of rotatable bonds is 5. The van der Waals surface area contributed by atoms with Crippen LogP contribution in [0.4, 0.5) is 4.39 Å². The Bertz CT molecular complexity index is 427. The molecule has 0 bridgehead atoms. The van der Waals surface area contributed by atoms with Crippen molar-refractivity contribution in [1.82, 2.24) is 0 Å². The first-order valence-electron chi connectivity index (χ1n) is 7.17. The molecule has 20 heavy (non-hydrogen) atoms. The molecule has 1 aliphatic rings. The van der Waals surface area contributed by atoms with Crippen molar-refractivity contribution in [3.63, 3.8) is 0 Å². The van der Waals surface area contributed by atoms with E-state index in [1.54, 1.807) is 0 Å². The molecule has 1 saturated carbocycles. The van der Waals surface area contributed by atoms with Gasteiger partial charge in [-0.2, -0.15) is 0 Å². The molecular formula is C16H22FNO2. The van der Waals surface area contributed by atoms with E-state index in [1.165, 1.54) is 0 Å². The van der Waals surface area contributed by atoms with Gasteiger partial charge in [0, 0.05) is 0 Å². The van der Waals surface area contributed by atoms with Crippen LogP contribution in [-0.4, -0.2) is 18.7 Å². The largest absolute Gasteiger partial charge is 0.461 e. The second-order valence-corrected chi connectivity index (χ2v) is 5.70. The van der Waals surface area contributed by atoms with Crippen molar-refractivity contribution < 1.29 is 13.9 Å². The van der Waals surface area contributed by atoms with Crippen LogP contribution in [0.25, 0.3) is 0 Å². The average Bonchev–Trinajstić information content (AvgIpc) is 2.49. The summed E-state index contributed by atoms with van der Waals surface area (Å²) in [5, 5.41) is 0. The van der Waals surface area contributed by atoms with E-state index in [9.17, 15) is 9.18 Å². The average molecular weight is 279 g/mol. The van der Waals surface area contributed by atoms with E-state index in [1.807, 2.05) is 30.3 Å². The van der Waals surface area contributed by atoms with Crippen LogP contribution in [0.5, 0.6) is 0 Å². The molecule has 0 spiro atoms. The monoisotopic (exact) mass is 279 g/mol. The maximum absolute atomic E-state index is 13.2. The molecule has 1 aromatic carbocycles. The van der Waals surface area contributed by atoms with Gasteiger partial charge in [-0.05, 0) is 43.2 Å². The molecule has 4 heteroatoms. The first-order valence-corrected chi connectivity index (χ1v) is 7.17. The molecule has 1 fully saturated rings. The molecule has 2 rings (SSSR count). The number of alkyl halides is 1. The van der Waals surface area contributed by atoms with Gasteiger partial charge in [-0.3, -0.25) is 4.79 Å². The van der Waals surface area contributed by atoms with E-state index in [4.69, 9.17) is 10.5 Å². The van der Waals surface area contributed by atoms with E-state index in [0.29, 0.717) is 38.6 Å². The zero-order valence-electron chi connectivity index (χ0n) is 11.7. The third kappa shape index (κ3) is 4.04. The molecule has 2 N–H and O–H groups in total. The van der Waals surface area contributed by atoms with Crippen LogP contribution in [0.1, 0.15) is 37.7 Å². The van der Waals surface area contributed by atoms with Crippen LogP contribution >= 0.6 is 0 Å². The lowest BCUT2D eigenvalue weighted by Gasteiger charge is -2.36. The van der Waals surface area contributed by atoms with Crippen LogP contribution in [0, 0.1) is 5.41 Å². The van der Waals surface area contributed by atoms with Crippen molar-refractivity contribution >= 4 is 5.97 Å². The van der Waals surface area contributed by atoms with Crippen molar-refractivity contribution in [2.45, 2.75) is 44.9 Å². The molecule has 0 aromatic heterocycles. The predicted molar refractivity (Wildman–Crippen MR) is 75.7 cm³/mol. The summed E-state index contributed by atoms with van der Waals surface area (Å²) in [7, 11) is 0. The Morgan fingerprint density at radius 1 is 1.30 bits per heavy atom. The molecule has 0 amide bonds. The first kappa shape index (κ1) is 15.0. The summed E-state index contributed by atoms with van der Waals surface area (Å²) in [6.07, 6.45) is 1.90. The number of hydrogen-bond donors (Lipinski definition) is 1. The molecule has 3 nitrogen and oxygen atoms in total. The number of hydrogen-bond acceptors (Lipinski definition) is 3. The second kappa shape index (κ2) is 6.84. The Kier molecular flexibility index (Phi) is 5.12. The molecule has 0 radical (unpaired) electrons. The normalized spacial score (nSPS) is 26.2. The molecule has 0 saturated heterocycles. The van der Waals surface area contributed by atoms with Crippen molar-refractivity contribution in [3.8, 4) is 0 Å². The van der Waals surface area contributed by atoms with Gasteiger partial charge in [0.25, 0.3) is 0 Å². The Hall–Kier alpha value is -1.42. The van der Waals surface area contributed by atoms with Gasteiger partial charge in [0.15, 0.2) is 0 Å². The van der Waals surface area contributed by atoms with Gasteiger partial charge < -0.3 is 10.5 Å². The second-order valence-electron chi connectivity index (χ2n) is 5.70. The Balaban J connectivity index is 1.83. The molecule has 0 unspecified atom stereocenters. The van der Waals surface area contributed by atoms with Crippen LogP contribution in [-0.2, 0) is 16.1 Å². The smallest absolute Gasteiger partial charge is 0.306 e. The zero-order valence-corrected chi connectivity index (χ0v) is 11.7. The highest BCUT2D eigenvalue weighted by atomic mass is 19.1. The predicted octanol–water partition coefficient (Wildman–Crippen LogP) is 2.98. The number of esters is 1. The van der Waals surface area contributed by atoms with Crippen LogP contribution < -0.4 is 5.73 Å². The summed E-state index contributed by atoms with van der Waals surface area (Å²) >= 11 is 0. The summed E-state index contributed by atoms with van der Waals surface area (Å²) in [6, 6.07) is 9.57. The standard InChI is InChI=1S/C16H22FNO2/c17-14-6-8-16(12-18,9-7-14)10-15(19)20-11-13-4-2-1-3-5-13/h1-5,14H,6-12,18H2. The number of ether oxygens (including phenoxy) is 1. The van der Waals surface area contributed by atoms with Crippen molar-refractivity contribution in [1.29, 1.82) is 0 Å². The fourth-order valence-electron chi connectivity index (χ4n) is 2.74. The van der Waals surface area contributed by atoms with Crippen LogP contribution in [0.15, 0.2) is 30.3 Å². The zero-order chi connectivity index (χ0) is 14.4. The number of nitrogens with two attached hydrogens (primary N) is 1. The third-order valence-corrected chi connectivity index (χ3v) is 4.17. The lowest BCUT2D eigenvalue weighted by Crippen LogP contribution is -2.37. The highest BCUT2D eigenvalue weighted by Gasteiger charge is 2.36. The molecule has 110 valence electrons. The molecule has 0 aliphatic heterocycles. The number of benzene rings is 1. The van der Waals surface area contributed by atoms with Gasteiger partial charge >= 0.3 is 5.97 Å². The van der Waals surface area contributed by atoms with Gasteiger partial charge in [-0.15, -0.1) is 0 Å². The molecular weight excluding hydrogens is 257 g/mol. The van der Waals surface area contributed by atoms with Crippen LogP contribution in [0.2, 0.25) is 0 Å². The van der Waals surface area contributed by atoms with Gasteiger partial charge in [-0.25, -0.2) is 4.39 Å². The van der Waals surface area contributed by atoms with E-state index in [-0.39, 0.29) is 18.0 Å². The topological polar surface area (TPSA) is 52.3 Å². The van der Waals surface area contributed by atoms with E-state index in [2.05, 4.69) is 0 Å². The maximum Gasteiger partial charge on any atom is 0.306 e.